The molecule has 0 unspecified atom stereocenters. The van der Waals surface area contributed by atoms with Gasteiger partial charge in [0.2, 0.25) is 0 Å². The van der Waals surface area contributed by atoms with Crippen LogP contribution in [0.4, 0.5) is 0 Å². The number of nitrogens with zero attached hydrogens (tertiary/aromatic N) is 1. The van der Waals surface area contributed by atoms with E-state index in [4.69, 9.17) is 0 Å². The molecule has 1 nitrogen and oxygen atoms in total. The maximum Gasteiger partial charge on any atom is 0.0305 e. The fourth-order valence-electron chi connectivity index (χ4n) is 0.707. The SMILES string of the molecule is C=C(C)CN(CC(=C)C)SI. The Morgan fingerprint density at radius 2 is 1.64 bits per heavy atom. The van der Waals surface area contributed by atoms with Crippen molar-refractivity contribution in [2.75, 3.05) is 13.1 Å². The van der Waals surface area contributed by atoms with Crippen molar-refractivity contribution in [2.24, 2.45) is 0 Å². The molecule has 0 spiro atoms. The largest absolute Gasteiger partial charge is 0.234 e. The minimum atomic E-state index is 0.945. The summed E-state index contributed by atoms with van der Waals surface area (Å²) in [5.74, 6) is 0. The van der Waals surface area contributed by atoms with Crippen LogP contribution in [0.15, 0.2) is 24.3 Å². The first-order valence-electron chi connectivity index (χ1n) is 3.38. The second-order valence-electron chi connectivity index (χ2n) is 2.78. The van der Waals surface area contributed by atoms with Crippen molar-refractivity contribution < 1.29 is 0 Å². The van der Waals surface area contributed by atoms with Crippen LogP contribution < -0.4 is 0 Å². The lowest BCUT2D eigenvalue weighted by atomic mass is 10.3. The van der Waals surface area contributed by atoms with Gasteiger partial charge in [0.05, 0.1) is 0 Å². The summed E-state index contributed by atoms with van der Waals surface area (Å²) in [6.07, 6.45) is 0. The van der Waals surface area contributed by atoms with Crippen LogP contribution in [0.3, 0.4) is 0 Å². The molecule has 0 aliphatic rings. The van der Waals surface area contributed by atoms with Gasteiger partial charge < -0.3 is 0 Å². The smallest absolute Gasteiger partial charge is 0.0305 e. The third kappa shape index (κ3) is 6.90. The Bertz CT molecular complexity index is 140. The molecule has 0 aliphatic carbocycles. The molecular formula is C8H14INS. The molecule has 0 radical (unpaired) electrons. The molecule has 3 heteroatoms. The summed E-state index contributed by atoms with van der Waals surface area (Å²) in [6, 6.07) is 0. The minimum Gasteiger partial charge on any atom is -0.234 e. The summed E-state index contributed by atoms with van der Waals surface area (Å²) in [7, 11) is 1.71. The van der Waals surface area contributed by atoms with Crippen molar-refractivity contribution in [1.29, 1.82) is 0 Å². The van der Waals surface area contributed by atoms with Gasteiger partial charge in [-0.1, -0.05) is 24.3 Å². The quantitative estimate of drug-likeness (QED) is 0.432. The summed E-state index contributed by atoms with van der Waals surface area (Å²) in [5, 5.41) is 0. The van der Waals surface area contributed by atoms with Crippen LogP contribution in [-0.2, 0) is 0 Å². The van der Waals surface area contributed by atoms with Gasteiger partial charge >= 0.3 is 0 Å². The van der Waals surface area contributed by atoms with Crippen molar-refractivity contribution in [2.45, 2.75) is 13.8 Å². The second-order valence-corrected chi connectivity index (χ2v) is 4.62. The van der Waals surface area contributed by atoms with E-state index in [2.05, 4.69) is 38.7 Å². The molecule has 0 rings (SSSR count). The van der Waals surface area contributed by atoms with E-state index in [1.165, 1.54) is 11.1 Å². The van der Waals surface area contributed by atoms with Gasteiger partial charge in [-0.05, 0) is 23.0 Å². The third-order valence-corrected chi connectivity index (χ3v) is 3.11. The van der Waals surface area contributed by atoms with Crippen molar-refractivity contribution in [3.63, 3.8) is 0 Å². The summed E-state index contributed by atoms with van der Waals surface area (Å²) < 4.78 is 2.23. The van der Waals surface area contributed by atoms with E-state index in [0.29, 0.717) is 0 Å². The number of hydrogen-bond donors (Lipinski definition) is 0. The predicted octanol–water partition coefficient (Wildman–Crippen LogP) is 3.44. The lowest BCUT2D eigenvalue weighted by Gasteiger charge is -2.17. The summed E-state index contributed by atoms with van der Waals surface area (Å²) in [5.41, 5.74) is 2.38. The van der Waals surface area contributed by atoms with Crippen LogP contribution in [-0.4, -0.2) is 17.4 Å². The molecular weight excluding hydrogens is 269 g/mol. The zero-order chi connectivity index (χ0) is 8.85. The molecule has 0 aromatic rings. The summed E-state index contributed by atoms with van der Waals surface area (Å²) in [6.45, 7) is 13.7. The van der Waals surface area contributed by atoms with Crippen LogP contribution in [0, 0.1) is 0 Å². The van der Waals surface area contributed by atoms with Crippen molar-refractivity contribution in [1.82, 2.24) is 4.31 Å². The van der Waals surface area contributed by atoms with Crippen LogP contribution in [0.5, 0.6) is 0 Å². The molecule has 0 aliphatic heterocycles. The van der Waals surface area contributed by atoms with E-state index >= 15 is 0 Å². The van der Waals surface area contributed by atoms with Crippen LogP contribution in [0.2, 0.25) is 0 Å². The molecule has 0 saturated carbocycles. The average molecular weight is 283 g/mol. The first kappa shape index (κ1) is 11.5. The van der Waals surface area contributed by atoms with E-state index in [1.54, 1.807) is 9.12 Å². The number of hydrogen-bond acceptors (Lipinski definition) is 2. The van der Waals surface area contributed by atoms with Gasteiger partial charge in [0, 0.05) is 34.3 Å². The first-order chi connectivity index (χ1) is 5.06. The number of rotatable bonds is 5. The third-order valence-electron chi connectivity index (χ3n) is 0.990. The summed E-state index contributed by atoms with van der Waals surface area (Å²) >= 11 is 2.28. The normalized spacial score (nSPS) is 10.2. The van der Waals surface area contributed by atoms with Crippen molar-refractivity contribution in [3.8, 4) is 0 Å². The Kier molecular flexibility index (Phi) is 6.37. The topological polar surface area (TPSA) is 3.24 Å². The molecule has 0 aromatic carbocycles. The molecule has 11 heavy (non-hydrogen) atoms. The predicted molar refractivity (Wildman–Crippen MR) is 62.8 cm³/mol. The Balaban J connectivity index is 3.76. The van der Waals surface area contributed by atoms with Gasteiger partial charge in [0.15, 0.2) is 0 Å². The molecule has 0 heterocycles. The highest BCUT2D eigenvalue weighted by atomic mass is 127. The molecule has 0 atom stereocenters. The Morgan fingerprint density at radius 1 is 1.27 bits per heavy atom. The highest BCUT2D eigenvalue weighted by molar-refractivity contribution is 14.2. The fraction of sp³-hybridized carbons (Fsp3) is 0.500. The zero-order valence-corrected chi connectivity index (χ0v) is 10.0. The number of halogens is 1. The fourth-order valence-corrected chi connectivity index (χ4v) is 2.08. The molecule has 0 amide bonds. The van der Waals surface area contributed by atoms with Gasteiger partial charge in [0.1, 0.15) is 0 Å². The van der Waals surface area contributed by atoms with Gasteiger partial charge in [-0.15, -0.1) is 0 Å². The van der Waals surface area contributed by atoms with E-state index in [0.717, 1.165) is 13.1 Å². The van der Waals surface area contributed by atoms with E-state index in [9.17, 15) is 0 Å². The monoisotopic (exact) mass is 283 g/mol. The van der Waals surface area contributed by atoms with Crippen LogP contribution in [0.1, 0.15) is 13.8 Å². The Morgan fingerprint density at radius 3 is 1.82 bits per heavy atom. The maximum absolute atomic E-state index is 3.86. The highest BCUT2D eigenvalue weighted by Gasteiger charge is 2.02. The van der Waals surface area contributed by atoms with Crippen LogP contribution >= 0.6 is 30.3 Å². The molecule has 64 valence electrons. The van der Waals surface area contributed by atoms with Gasteiger partial charge in [-0.3, -0.25) is 0 Å². The lowest BCUT2D eigenvalue weighted by Crippen LogP contribution is -2.17. The minimum absolute atomic E-state index is 0.945. The van der Waals surface area contributed by atoms with Crippen molar-refractivity contribution in [3.05, 3.63) is 24.3 Å². The average Bonchev–Trinajstić information content (AvgIpc) is 1.84. The lowest BCUT2D eigenvalue weighted by molar-refractivity contribution is 0.557. The standard InChI is InChI=1S/C8H14INS/c1-7(2)5-10(11-9)6-8(3)4/h1,3,5-6H2,2,4H3. The second kappa shape index (κ2) is 6.08. The molecule has 0 saturated heterocycles. The highest BCUT2D eigenvalue weighted by Crippen LogP contribution is 2.20. The van der Waals surface area contributed by atoms with E-state index in [1.807, 2.05) is 13.8 Å². The molecule has 0 bridgehead atoms. The summed E-state index contributed by atoms with van der Waals surface area (Å²) in [4.78, 5) is 0. The van der Waals surface area contributed by atoms with Gasteiger partial charge in [-0.2, -0.15) is 0 Å². The van der Waals surface area contributed by atoms with Gasteiger partial charge in [0.25, 0.3) is 0 Å². The molecule has 0 N–H and O–H groups in total. The first-order valence-corrected chi connectivity index (χ1v) is 6.70. The maximum atomic E-state index is 3.86. The molecule has 0 fully saturated rings. The van der Waals surface area contributed by atoms with Crippen LogP contribution in [0.25, 0.3) is 0 Å². The van der Waals surface area contributed by atoms with E-state index < -0.39 is 0 Å². The van der Waals surface area contributed by atoms with Crippen molar-refractivity contribution >= 4 is 30.3 Å². The Labute approximate surface area is 85.6 Å². The molecule has 0 aromatic heterocycles. The van der Waals surface area contributed by atoms with E-state index in [-0.39, 0.29) is 0 Å². The Hall–Kier alpha value is 0.520. The van der Waals surface area contributed by atoms with Gasteiger partial charge in [-0.25, -0.2) is 4.31 Å². The zero-order valence-electron chi connectivity index (χ0n) is 7.06.